The number of hydrogen-bond acceptors (Lipinski definition) is 5. The third-order valence-electron chi connectivity index (χ3n) is 3.22. The molecule has 1 amide bonds. The lowest BCUT2D eigenvalue weighted by Gasteiger charge is -2.12. The topological polar surface area (TPSA) is 81.9 Å². The van der Waals surface area contributed by atoms with Gasteiger partial charge in [-0.05, 0) is 46.8 Å². The van der Waals surface area contributed by atoms with Crippen molar-refractivity contribution in [1.29, 1.82) is 0 Å². The van der Waals surface area contributed by atoms with Crippen LogP contribution in [0.25, 0.3) is 5.69 Å². The molecule has 0 bridgehead atoms. The first-order chi connectivity index (χ1) is 11.6. The Morgan fingerprint density at radius 1 is 1.29 bits per heavy atom. The second-order valence-corrected chi connectivity index (χ2v) is 6.04. The van der Waals surface area contributed by atoms with Gasteiger partial charge >= 0.3 is 0 Å². The van der Waals surface area contributed by atoms with Crippen LogP contribution in [0.5, 0.6) is 5.75 Å². The normalized spacial score (nSPS) is 10.5. The van der Waals surface area contributed by atoms with Crippen LogP contribution in [0.3, 0.4) is 0 Å². The van der Waals surface area contributed by atoms with E-state index in [0.29, 0.717) is 27.7 Å². The third-order valence-corrected chi connectivity index (χ3v) is 4.04. The molecular formula is C15H11BrClN5O2. The molecule has 0 saturated heterocycles. The molecular weight excluding hydrogens is 398 g/mol. The maximum atomic E-state index is 12.6. The van der Waals surface area contributed by atoms with Gasteiger partial charge in [-0.2, -0.15) is 0 Å². The highest BCUT2D eigenvalue weighted by molar-refractivity contribution is 9.10. The number of ether oxygens (including phenoxy) is 1. The number of nitrogens with one attached hydrogen (secondary N) is 1. The summed E-state index contributed by atoms with van der Waals surface area (Å²) in [6.45, 7) is 0. The number of carbonyl (C=O) groups excluding carboxylic acids is 1. The average molecular weight is 409 g/mol. The van der Waals surface area contributed by atoms with E-state index in [2.05, 4.69) is 36.8 Å². The Bertz CT molecular complexity index is 886. The van der Waals surface area contributed by atoms with Gasteiger partial charge in [-0.1, -0.05) is 27.5 Å². The predicted molar refractivity (Wildman–Crippen MR) is 92.8 cm³/mol. The first-order valence-corrected chi connectivity index (χ1v) is 7.93. The van der Waals surface area contributed by atoms with E-state index in [1.54, 1.807) is 36.4 Å². The standard InChI is InChI=1S/C15H11BrClN5O2/c1-24-14-5-2-9(16)6-11(14)15(23)19-13-7-10(3-4-12(13)17)22-8-18-20-21-22/h2-8H,1H3,(H,19,23). The molecule has 0 aliphatic carbocycles. The van der Waals surface area contributed by atoms with E-state index in [4.69, 9.17) is 16.3 Å². The van der Waals surface area contributed by atoms with Crippen molar-refractivity contribution in [2.24, 2.45) is 0 Å². The minimum Gasteiger partial charge on any atom is -0.496 e. The molecule has 122 valence electrons. The number of methoxy groups -OCH3 is 1. The second kappa shape index (κ2) is 6.98. The first-order valence-electron chi connectivity index (χ1n) is 6.76. The van der Waals surface area contributed by atoms with Gasteiger partial charge in [0.15, 0.2) is 0 Å². The van der Waals surface area contributed by atoms with Gasteiger partial charge in [0, 0.05) is 4.47 Å². The number of benzene rings is 2. The number of amides is 1. The number of carbonyl (C=O) groups is 1. The average Bonchev–Trinajstić information content (AvgIpc) is 3.11. The zero-order chi connectivity index (χ0) is 17.1. The van der Waals surface area contributed by atoms with Crippen molar-refractivity contribution in [2.45, 2.75) is 0 Å². The zero-order valence-corrected chi connectivity index (χ0v) is 14.7. The molecule has 3 rings (SSSR count). The molecule has 1 N–H and O–H groups in total. The Kier molecular flexibility index (Phi) is 4.77. The first kappa shape index (κ1) is 16.4. The summed E-state index contributed by atoms with van der Waals surface area (Å²) in [5.74, 6) is 0.118. The van der Waals surface area contributed by atoms with E-state index < -0.39 is 0 Å². The molecule has 0 fully saturated rings. The van der Waals surface area contributed by atoms with Crippen LogP contribution in [-0.2, 0) is 0 Å². The van der Waals surface area contributed by atoms with Crippen LogP contribution in [0.2, 0.25) is 5.02 Å². The lowest BCUT2D eigenvalue weighted by molar-refractivity contribution is 0.102. The van der Waals surface area contributed by atoms with E-state index in [-0.39, 0.29) is 5.91 Å². The number of anilines is 1. The van der Waals surface area contributed by atoms with Crippen LogP contribution in [-0.4, -0.2) is 33.2 Å². The van der Waals surface area contributed by atoms with Crippen LogP contribution in [0, 0.1) is 0 Å². The summed E-state index contributed by atoms with van der Waals surface area (Å²) in [5.41, 5.74) is 1.49. The number of rotatable bonds is 4. The molecule has 1 heterocycles. The third kappa shape index (κ3) is 3.39. The number of hydrogen-bond donors (Lipinski definition) is 1. The van der Waals surface area contributed by atoms with Crippen LogP contribution < -0.4 is 10.1 Å². The number of aromatic nitrogens is 4. The fraction of sp³-hybridized carbons (Fsp3) is 0.0667. The molecule has 0 radical (unpaired) electrons. The lowest BCUT2D eigenvalue weighted by Crippen LogP contribution is -2.14. The fourth-order valence-corrected chi connectivity index (χ4v) is 2.60. The smallest absolute Gasteiger partial charge is 0.259 e. The van der Waals surface area contributed by atoms with E-state index in [0.717, 1.165) is 4.47 Å². The van der Waals surface area contributed by atoms with Gasteiger partial charge in [0.1, 0.15) is 12.1 Å². The van der Waals surface area contributed by atoms with Crippen molar-refractivity contribution in [3.63, 3.8) is 0 Å². The van der Waals surface area contributed by atoms with Crippen molar-refractivity contribution >= 4 is 39.1 Å². The van der Waals surface area contributed by atoms with Crippen molar-refractivity contribution in [1.82, 2.24) is 20.2 Å². The Morgan fingerprint density at radius 2 is 2.12 bits per heavy atom. The van der Waals surface area contributed by atoms with Crippen molar-refractivity contribution in [3.05, 3.63) is 57.8 Å². The summed E-state index contributed by atoms with van der Waals surface area (Å²) in [7, 11) is 1.51. The molecule has 7 nitrogen and oxygen atoms in total. The van der Waals surface area contributed by atoms with Gasteiger partial charge in [-0.3, -0.25) is 4.79 Å². The molecule has 0 aliphatic heterocycles. The van der Waals surface area contributed by atoms with Crippen molar-refractivity contribution in [2.75, 3.05) is 12.4 Å². The minimum absolute atomic E-state index is 0.344. The highest BCUT2D eigenvalue weighted by Crippen LogP contribution is 2.28. The minimum atomic E-state index is -0.344. The molecule has 0 unspecified atom stereocenters. The Balaban J connectivity index is 1.92. The number of halogens is 2. The summed E-state index contributed by atoms with van der Waals surface area (Å²) >= 11 is 9.52. The summed E-state index contributed by atoms with van der Waals surface area (Å²) in [6, 6.07) is 10.3. The van der Waals surface area contributed by atoms with Gasteiger partial charge < -0.3 is 10.1 Å². The van der Waals surface area contributed by atoms with E-state index >= 15 is 0 Å². The molecule has 9 heteroatoms. The van der Waals surface area contributed by atoms with Gasteiger partial charge in [-0.15, -0.1) is 5.10 Å². The van der Waals surface area contributed by atoms with Crippen LogP contribution in [0.4, 0.5) is 5.69 Å². The molecule has 2 aromatic carbocycles. The summed E-state index contributed by atoms with van der Waals surface area (Å²) in [5, 5.41) is 14.1. The molecule has 24 heavy (non-hydrogen) atoms. The highest BCUT2D eigenvalue weighted by atomic mass is 79.9. The van der Waals surface area contributed by atoms with Crippen LogP contribution in [0.1, 0.15) is 10.4 Å². The van der Waals surface area contributed by atoms with Crippen LogP contribution in [0.15, 0.2) is 47.2 Å². The largest absolute Gasteiger partial charge is 0.496 e. The number of tetrazole rings is 1. The Labute approximate surface area is 150 Å². The van der Waals surface area contributed by atoms with Gasteiger partial charge in [-0.25, -0.2) is 4.68 Å². The summed E-state index contributed by atoms with van der Waals surface area (Å²) in [4.78, 5) is 12.6. The fourth-order valence-electron chi connectivity index (χ4n) is 2.08. The van der Waals surface area contributed by atoms with E-state index in [1.807, 2.05) is 0 Å². The maximum absolute atomic E-state index is 12.6. The summed E-state index contributed by atoms with van der Waals surface area (Å²) < 4.78 is 7.46. The van der Waals surface area contributed by atoms with E-state index in [9.17, 15) is 4.79 Å². The second-order valence-electron chi connectivity index (χ2n) is 4.72. The Morgan fingerprint density at radius 3 is 2.83 bits per heavy atom. The lowest BCUT2D eigenvalue weighted by atomic mass is 10.1. The predicted octanol–water partition coefficient (Wildman–Crippen LogP) is 3.34. The molecule has 1 aromatic heterocycles. The quantitative estimate of drug-likeness (QED) is 0.716. The monoisotopic (exact) mass is 407 g/mol. The van der Waals surface area contributed by atoms with Gasteiger partial charge in [0.25, 0.3) is 5.91 Å². The zero-order valence-electron chi connectivity index (χ0n) is 12.4. The SMILES string of the molecule is COc1ccc(Br)cc1C(=O)Nc1cc(-n2cnnn2)ccc1Cl. The van der Waals surface area contributed by atoms with Crippen LogP contribution >= 0.6 is 27.5 Å². The molecule has 0 atom stereocenters. The van der Waals surface area contributed by atoms with E-state index in [1.165, 1.54) is 18.1 Å². The molecule has 0 aliphatic rings. The molecule has 3 aromatic rings. The highest BCUT2D eigenvalue weighted by Gasteiger charge is 2.15. The molecule has 0 saturated carbocycles. The van der Waals surface area contributed by atoms with Gasteiger partial charge in [0.2, 0.25) is 0 Å². The number of nitrogens with zero attached hydrogens (tertiary/aromatic N) is 4. The maximum Gasteiger partial charge on any atom is 0.259 e. The Hall–Kier alpha value is -2.45. The van der Waals surface area contributed by atoms with Gasteiger partial charge in [0.05, 0.1) is 29.1 Å². The molecule has 0 spiro atoms. The summed E-state index contributed by atoms with van der Waals surface area (Å²) in [6.07, 6.45) is 1.45. The van der Waals surface area contributed by atoms with Crippen molar-refractivity contribution < 1.29 is 9.53 Å². The van der Waals surface area contributed by atoms with Crippen molar-refractivity contribution in [3.8, 4) is 11.4 Å².